The first kappa shape index (κ1) is 11.9. The third-order valence-corrected chi connectivity index (χ3v) is 3.23. The van der Waals surface area contributed by atoms with E-state index in [1.54, 1.807) is 25.1 Å². The number of carbonyl (C=O) groups is 1. The lowest BCUT2D eigenvalue weighted by Gasteiger charge is -2.34. The molecule has 1 atom stereocenters. The van der Waals surface area contributed by atoms with Crippen LogP contribution in [0, 0.1) is 6.92 Å². The molecular weight excluding hydrogens is 216 g/mol. The third-order valence-electron chi connectivity index (χ3n) is 3.23. The van der Waals surface area contributed by atoms with E-state index in [0.717, 1.165) is 18.7 Å². The van der Waals surface area contributed by atoms with E-state index < -0.39 is 0 Å². The maximum Gasteiger partial charge on any atom is 0.257 e. The summed E-state index contributed by atoms with van der Waals surface area (Å²) in [4.78, 5) is 14.1. The van der Waals surface area contributed by atoms with Crippen molar-refractivity contribution < 1.29 is 9.90 Å². The highest BCUT2D eigenvalue weighted by Gasteiger charge is 2.25. The third kappa shape index (κ3) is 2.26. The van der Waals surface area contributed by atoms with E-state index in [1.165, 1.54) is 0 Å². The van der Waals surface area contributed by atoms with Crippen molar-refractivity contribution in [1.29, 1.82) is 0 Å². The molecular formula is C13H18N2O2. The number of carbonyl (C=O) groups excluding carboxylic acids is 1. The molecule has 1 aromatic rings. The van der Waals surface area contributed by atoms with E-state index in [4.69, 9.17) is 0 Å². The van der Waals surface area contributed by atoms with Crippen molar-refractivity contribution in [2.45, 2.75) is 19.9 Å². The van der Waals surface area contributed by atoms with Crippen molar-refractivity contribution in [2.75, 3.05) is 19.6 Å². The molecule has 0 spiro atoms. The quantitative estimate of drug-likeness (QED) is 0.766. The Morgan fingerprint density at radius 3 is 3.00 bits per heavy atom. The molecule has 2 rings (SSSR count). The Bertz CT molecular complexity index is 431. The molecule has 1 fully saturated rings. The zero-order chi connectivity index (χ0) is 12.4. The summed E-state index contributed by atoms with van der Waals surface area (Å²) in [6.07, 6.45) is 0. The number of nitrogens with zero attached hydrogens (tertiary/aromatic N) is 1. The summed E-state index contributed by atoms with van der Waals surface area (Å²) in [5.74, 6) is 0.0171. The molecule has 17 heavy (non-hydrogen) atoms. The molecule has 1 aliphatic rings. The molecule has 1 aliphatic heterocycles. The summed E-state index contributed by atoms with van der Waals surface area (Å²) in [7, 11) is 0. The van der Waals surface area contributed by atoms with Gasteiger partial charge in [0, 0.05) is 25.7 Å². The second-order valence-electron chi connectivity index (χ2n) is 4.52. The van der Waals surface area contributed by atoms with Crippen LogP contribution in [0.3, 0.4) is 0 Å². The first-order valence-corrected chi connectivity index (χ1v) is 5.91. The summed E-state index contributed by atoms with van der Waals surface area (Å²) in [6.45, 7) is 6.11. The Morgan fingerprint density at radius 1 is 1.53 bits per heavy atom. The topological polar surface area (TPSA) is 52.6 Å². The molecule has 0 aliphatic carbocycles. The second kappa shape index (κ2) is 4.75. The summed E-state index contributed by atoms with van der Waals surface area (Å²) < 4.78 is 0. The van der Waals surface area contributed by atoms with Gasteiger partial charge in [-0.25, -0.2) is 0 Å². The molecule has 4 heteroatoms. The van der Waals surface area contributed by atoms with Crippen LogP contribution < -0.4 is 5.32 Å². The number of amides is 1. The van der Waals surface area contributed by atoms with Gasteiger partial charge in [-0.3, -0.25) is 4.79 Å². The Labute approximate surface area is 101 Å². The molecule has 1 aromatic carbocycles. The monoisotopic (exact) mass is 234 g/mol. The zero-order valence-corrected chi connectivity index (χ0v) is 10.2. The molecule has 0 aromatic heterocycles. The number of phenolic OH excluding ortho intramolecular Hbond substituents is 1. The number of aromatic hydroxyl groups is 1. The number of phenols is 1. The van der Waals surface area contributed by atoms with Crippen molar-refractivity contribution >= 4 is 5.91 Å². The van der Waals surface area contributed by atoms with Gasteiger partial charge in [0.1, 0.15) is 5.75 Å². The lowest BCUT2D eigenvalue weighted by atomic mass is 10.1. The fourth-order valence-corrected chi connectivity index (χ4v) is 2.13. The normalized spacial score (nSPS) is 20.4. The number of para-hydroxylation sites is 1. The van der Waals surface area contributed by atoms with Gasteiger partial charge >= 0.3 is 0 Å². The minimum Gasteiger partial charge on any atom is -0.507 e. The van der Waals surface area contributed by atoms with Gasteiger partial charge in [-0.05, 0) is 25.5 Å². The number of nitrogens with one attached hydrogen (secondary N) is 1. The van der Waals surface area contributed by atoms with Crippen LogP contribution in [0.25, 0.3) is 0 Å². The Morgan fingerprint density at radius 2 is 2.29 bits per heavy atom. The summed E-state index contributed by atoms with van der Waals surface area (Å²) in [6, 6.07) is 5.44. The summed E-state index contributed by atoms with van der Waals surface area (Å²) in [5.41, 5.74) is 1.14. The molecule has 4 nitrogen and oxygen atoms in total. The highest BCUT2D eigenvalue weighted by molar-refractivity contribution is 5.97. The molecule has 92 valence electrons. The van der Waals surface area contributed by atoms with Gasteiger partial charge in [0.2, 0.25) is 0 Å². The fourth-order valence-electron chi connectivity index (χ4n) is 2.13. The van der Waals surface area contributed by atoms with Crippen molar-refractivity contribution in [3.63, 3.8) is 0 Å². The molecule has 1 saturated heterocycles. The van der Waals surface area contributed by atoms with Crippen molar-refractivity contribution in [2.24, 2.45) is 0 Å². The zero-order valence-electron chi connectivity index (χ0n) is 10.2. The van der Waals surface area contributed by atoms with Crippen LogP contribution in [0.5, 0.6) is 5.75 Å². The molecule has 0 unspecified atom stereocenters. The largest absolute Gasteiger partial charge is 0.507 e. The lowest BCUT2D eigenvalue weighted by Crippen LogP contribution is -2.52. The number of aryl methyl sites for hydroxylation is 1. The number of hydrogen-bond donors (Lipinski definition) is 2. The van der Waals surface area contributed by atoms with Crippen LogP contribution in [0.2, 0.25) is 0 Å². The van der Waals surface area contributed by atoms with Crippen LogP contribution in [-0.2, 0) is 0 Å². The molecule has 1 amide bonds. The Kier molecular flexibility index (Phi) is 3.33. The number of rotatable bonds is 1. The van der Waals surface area contributed by atoms with Gasteiger partial charge in [-0.15, -0.1) is 0 Å². The minimum atomic E-state index is -0.0831. The van der Waals surface area contributed by atoms with Crippen molar-refractivity contribution in [3.05, 3.63) is 29.3 Å². The van der Waals surface area contributed by atoms with Crippen molar-refractivity contribution in [3.8, 4) is 5.75 Å². The Hall–Kier alpha value is -1.55. The fraction of sp³-hybridized carbons (Fsp3) is 0.462. The first-order valence-electron chi connectivity index (χ1n) is 5.91. The van der Waals surface area contributed by atoms with E-state index in [2.05, 4.69) is 5.32 Å². The van der Waals surface area contributed by atoms with Crippen molar-refractivity contribution in [1.82, 2.24) is 10.2 Å². The van der Waals surface area contributed by atoms with Crippen LogP contribution in [-0.4, -0.2) is 41.6 Å². The van der Waals surface area contributed by atoms with E-state index in [9.17, 15) is 9.90 Å². The highest BCUT2D eigenvalue weighted by atomic mass is 16.3. The number of benzene rings is 1. The molecule has 0 radical (unpaired) electrons. The predicted octanol–water partition coefficient (Wildman–Crippen LogP) is 1.13. The van der Waals surface area contributed by atoms with E-state index in [0.29, 0.717) is 12.1 Å². The van der Waals surface area contributed by atoms with Crippen LogP contribution in [0.1, 0.15) is 22.8 Å². The smallest absolute Gasteiger partial charge is 0.257 e. The van der Waals surface area contributed by atoms with Crippen LogP contribution in [0.4, 0.5) is 0 Å². The summed E-state index contributed by atoms with van der Waals surface area (Å²) >= 11 is 0. The molecule has 0 saturated carbocycles. The van der Waals surface area contributed by atoms with E-state index in [1.807, 2.05) is 11.8 Å². The van der Waals surface area contributed by atoms with Gasteiger partial charge in [-0.2, -0.15) is 0 Å². The van der Waals surface area contributed by atoms with Gasteiger partial charge in [0.15, 0.2) is 0 Å². The SMILES string of the molecule is Cc1cccc(C(=O)N2CCNC[C@H]2C)c1O. The van der Waals surface area contributed by atoms with Gasteiger partial charge in [0.25, 0.3) is 5.91 Å². The van der Waals surface area contributed by atoms with Crippen LogP contribution >= 0.6 is 0 Å². The molecule has 0 bridgehead atoms. The average Bonchev–Trinajstić information content (AvgIpc) is 2.32. The summed E-state index contributed by atoms with van der Waals surface area (Å²) in [5, 5.41) is 13.2. The van der Waals surface area contributed by atoms with E-state index >= 15 is 0 Å². The number of hydrogen-bond acceptors (Lipinski definition) is 3. The van der Waals surface area contributed by atoms with E-state index in [-0.39, 0.29) is 17.7 Å². The van der Waals surface area contributed by atoms with Crippen LogP contribution in [0.15, 0.2) is 18.2 Å². The Balaban J connectivity index is 2.27. The molecule has 1 heterocycles. The second-order valence-corrected chi connectivity index (χ2v) is 4.52. The standard InChI is InChI=1S/C13H18N2O2/c1-9-4-3-5-11(12(9)16)13(17)15-7-6-14-8-10(15)2/h3-5,10,14,16H,6-8H2,1-2H3/t10-/m1/s1. The lowest BCUT2D eigenvalue weighted by molar-refractivity contribution is 0.0652. The predicted molar refractivity (Wildman–Crippen MR) is 66.2 cm³/mol. The average molecular weight is 234 g/mol. The van der Waals surface area contributed by atoms with Gasteiger partial charge in [-0.1, -0.05) is 12.1 Å². The first-order chi connectivity index (χ1) is 8.11. The maximum atomic E-state index is 12.3. The highest BCUT2D eigenvalue weighted by Crippen LogP contribution is 2.23. The minimum absolute atomic E-state index is 0.0831. The van der Waals surface area contributed by atoms with Gasteiger partial charge in [0.05, 0.1) is 5.56 Å². The number of piperazine rings is 1. The van der Waals surface area contributed by atoms with Gasteiger partial charge < -0.3 is 15.3 Å². The maximum absolute atomic E-state index is 12.3. The molecule has 2 N–H and O–H groups in total.